The van der Waals surface area contributed by atoms with Gasteiger partial charge in [-0.15, -0.1) is 0 Å². The summed E-state index contributed by atoms with van der Waals surface area (Å²) in [5, 5.41) is 0.432. The minimum absolute atomic E-state index is 0.125. The standard InChI is InChI=1S/C15H33NSSi2/c1-14(2,3)13(17)16-11-10-15(16,19(7,8)9)12-18(4,5)6/h10-12H2,1-9H3. The van der Waals surface area contributed by atoms with Crippen LogP contribution in [-0.2, 0) is 0 Å². The molecule has 0 bridgehead atoms. The Bertz CT molecular complexity index is 360. The van der Waals surface area contributed by atoms with Gasteiger partial charge in [0.1, 0.15) is 0 Å². The Morgan fingerprint density at radius 2 is 1.58 bits per heavy atom. The molecule has 112 valence electrons. The van der Waals surface area contributed by atoms with Crippen LogP contribution in [0.5, 0.6) is 0 Å². The smallest absolute Gasteiger partial charge is 0.0835 e. The number of rotatable bonds is 3. The lowest BCUT2D eigenvalue weighted by molar-refractivity contribution is 0.136. The maximum Gasteiger partial charge on any atom is 0.0835 e. The van der Waals surface area contributed by atoms with Crippen LogP contribution in [-0.4, -0.2) is 37.7 Å². The van der Waals surface area contributed by atoms with Gasteiger partial charge in [0.05, 0.1) is 13.1 Å². The van der Waals surface area contributed by atoms with Crippen LogP contribution in [0.2, 0.25) is 45.3 Å². The molecular formula is C15H33NSSi2. The third-order valence-electron chi connectivity index (χ3n) is 4.37. The molecule has 1 atom stereocenters. The van der Waals surface area contributed by atoms with Crippen LogP contribution in [0, 0.1) is 5.41 Å². The first-order valence-corrected chi connectivity index (χ1v) is 15.1. The van der Waals surface area contributed by atoms with Crippen molar-refractivity contribution in [1.29, 1.82) is 0 Å². The molecule has 1 aliphatic rings. The first kappa shape index (κ1) is 17.4. The number of nitrogens with zero attached hydrogens (tertiary/aromatic N) is 1. The van der Waals surface area contributed by atoms with Gasteiger partial charge in [-0.3, -0.25) is 0 Å². The Balaban J connectivity index is 3.11. The average Bonchev–Trinajstić information content (AvgIpc) is 2.07. The van der Waals surface area contributed by atoms with Crippen LogP contribution in [0.3, 0.4) is 0 Å². The zero-order chi connectivity index (χ0) is 15.3. The van der Waals surface area contributed by atoms with Gasteiger partial charge in [0, 0.05) is 25.2 Å². The summed E-state index contributed by atoms with van der Waals surface area (Å²) in [5.41, 5.74) is 0.125. The Morgan fingerprint density at radius 1 is 1.11 bits per heavy atom. The van der Waals surface area contributed by atoms with E-state index in [1.807, 2.05) is 0 Å². The lowest BCUT2D eigenvalue weighted by Crippen LogP contribution is -2.75. The molecule has 0 aromatic carbocycles. The highest BCUT2D eigenvalue weighted by molar-refractivity contribution is 7.80. The fourth-order valence-corrected chi connectivity index (χ4v) is 11.4. The molecule has 1 saturated heterocycles. The summed E-state index contributed by atoms with van der Waals surface area (Å²) in [5.74, 6) is 0. The zero-order valence-corrected chi connectivity index (χ0v) is 17.3. The Morgan fingerprint density at radius 3 is 1.79 bits per heavy atom. The third kappa shape index (κ3) is 3.50. The van der Waals surface area contributed by atoms with Gasteiger partial charge >= 0.3 is 0 Å². The second kappa shape index (κ2) is 4.95. The second-order valence-electron chi connectivity index (χ2n) is 9.48. The summed E-state index contributed by atoms with van der Waals surface area (Å²) < 4.78 is 0. The molecule has 0 radical (unpaired) electrons. The SMILES string of the molecule is CC(C)(C)C(=S)N1CCC1(C[Si](C)(C)C)[Si](C)(C)C. The summed E-state index contributed by atoms with van der Waals surface area (Å²) >= 11 is 5.84. The summed E-state index contributed by atoms with van der Waals surface area (Å²) in [7, 11) is -2.35. The van der Waals surface area contributed by atoms with Crippen molar-refractivity contribution in [3.8, 4) is 0 Å². The second-order valence-corrected chi connectivity index (χ2v) is 20.8. The molecule has 0 amide bonds. The van der Waals surface area contributed by atoms with E-state index in [1.165, 1.54) is 24.0 Å². The van der Waals surface area contributed by atoms with Crippen LogP contribution in [0.15, 0.2) is 0 Å². The van der Waals surface area contributed by atoms with Gasteiger partial charge in [0.15, 0.2) is 0 Å². The number of hydrogen-bond donors (Lipinski definition) is 0. The van der Waals surface area contributed by atoms with Crippen LogP contribution in [0.1, 0.15) is 27.2 Å². The van der Waals surface area contributed by atoms with E-state index in [4.69, 9.17) is 12.2 Å². The molecule has 0 N–H and O–H groups in total. The van der Waals surface area contributed by atoms with E-state index in [2.05, 4.69) is 65.0 Å². The van der Waals surface area contributed by atoms with E-state index in [0.29, 0.717) is 5.16 Å². The highest BCUT2D eigenvalue weighted by atomic mass is 32.1. The number of likely N-dealkylation sites (tertiary alicyclic amines) is 1. The minimum Gasteiger partial charge on any atom is -0.363 e. The molecule has 1 aliphatic heterocycles. The van der Waals surface area contributed by atoms with Gasteiger partial charge in [0.2, 0.25) is 0 Å². The minimum atomic E-state index is -1.27. The summed E-state index contributed by atoms with van der Waals surface area (Å²) in [4.78, 5) is 3.83. The monoisotopic (exact) mass is 315 g/mol. The number of thiocarbonyl (C=S) groups is 1. The topological polar surface area (TPSA) is 3.24 Å². The van der Waals surface area contributed by atoms with Gasteiger partial charge in [-0.1, -0.05) is 72.3 Å². The van der Waals surface area contributed by atoms with Crippen LogP contribution in [0.4, 0.5) is 0 Å². The molecule has 4 heteroatoms. The normalized spacial score (nSPS) is 25.2. The highest BCUT2D eigenvalue weighted by Gasteiger charge is 2.56. The Kier molecular flexibility index (Phi) is 4.53. The zero-order valence-electron chi connectivity index (χ0n) is 14.5. The van der Waals surface area contributed by atoms with E-state index in [1.54, 1.807) is 0 Å². The van der Waals surface area contributed by atoms with E-state index < -0.39 is 16.1 Å². The predicted octanol–water partition coefficient (Wildman–Crippen LogP) is 5.02. The number of hydrogen-bond acceptors (Lipinski definition) is 1. The molecular weight excluding hydrogens is 282 g/mol. The van der Waals surface area contributed by atoms with Crippen LogP contribution < -0.4 is 0 Å². The summed E-state index contributed by atoms with van der Waals surface area (Å²) in [6, 6.07) is 1.41. The van der Waals surface area contributed by atoms with Crippen molar-refractivity contribution in [3.05, 3.63) is 0 Å². The molecule has 0 aliphatic carbocycles. The first-order valence-electron chi connectivity index (χ1n) is 7.53. The maximum absolute atomic E-state index is 5.84. The molecule has 1 nitrogen and oxygen atoms in total. The van der Waals surface area contributed by atoms with Crippen molar-refractivity contribution in [2.75, 3.05) is 6.54 Å². The predicted molar refractivity (Wildman–Crippen MR) is 97.6 cm³/mol. The fraction of sp³-hybridized carbons (Fsp3) is 0.933. The third-order valence-corrected chi connectivity index (χ3v) is 10.7. The summed E-state index contributed by atoms with van der Waals surface area (Å²) in [6.45, 7) is 23.1. The van der Waals surface area contributed by atoms with Gasteiger partial charge in [-0.2, -0.15) is 0 Å². The fourth-order valence-electron chi connectivity index (χ4n) is 3.30. The van der Waals surface area contributed by atoms with Gasteiger partial charge in [-0.25, -0.2) is 0 Å². The highest BCUT2D eigenvalue weighted by Crippen LogP contribution is 2.47. The van der Waals surface area contributed by atoms with Gasteiger partial charge < -0.3 is 4.90 Å². The van der Waals surface area contributed by atoms with Crippen molar-refractivity contribution in [3.63, 3.8) is 0 Å². The lowest BCUT2D eigenvalue weighted by Gasteiger charge is -2.63. The molecule has 0 saturated carbocycles. The van der Waals surface area contributed by atoms with Crippen molar-refractivity contribution < 1.29 is 0 Å². The van der Waals surface area contributed by atoms with Crippen molar-refractivity contribution in [2.24, 2.45) is 5.41 Å². The van der Waals surface area contributed by atoms with Gasteiger partial charge in [-0.05, 0) is 12.5 Å². The summed E-state index contributed by atoms with van der Waals surface area (Å²) in [6.07, 6.45) is 1.36. The van der Waals surface area contributed by atoms with Crippen molar-refractivity contribution in [2.45, 2.75) is 77.7 Å². The molecule has 1 rings (SSSR count). The quantitative estimate of drug-likeness (QED) is 0.531. The van der Waals surface area contributed by atoms with E-state index in [9.17, 15) is 0 Å². The molecule has 1 heterocycles. The van der Waals surface area contributed by atoms with E-state index >= 15 is 0 Å². The molecule has 1 fully saturated rings. The van der Waals surface area contributed by atoms with Crippen LogP contribution in [0.25, 0.3) is 0 Å². The van der Waals surface area contributed by atoms with E-state index in [-0.39, 0.29) is 5.41 Å². The lowest BCUT2D eigenvalue weighted by atomic mass is 9.91. The van der Waals surface area contributed by atoms with Crippen LogP contribution >= 0.6 is 12.2 Å². The van der Waals surface area contributed by atoms with Crippen molar-refractivity contribution in [1.82, 2.24) is 4.90 Å². The Labute approximate surface area is 128 Å². The van der Waals surface area contributed by atoms with Crippen molar-refractivity contribution >= 4 is 33.4 Å². The molecule has 0 spiro atoms. The molecule has 0 aromatic heterocycles. The molecule has 0 aromatic rings. The molecule has 19 heavy (non-hydrogen) atoms. The first-order chi connectivity index (χ1) is 8.21. The average molecular weight is 316 g/mol. The maximum atomic E-state index is 5.84. The largest absolute Gasteiger partial charge is 0.363 e. The van der Waals surface area contributed by atoms with E-state index in [0.717, 1.165) is 0 Å². The Hall–Kier alpha value is 0.324. The molecule has 1 unspecified atom stereocenters. The van der Waals surface area contributed by atoms with Gasteiger partial charge in [0.25, 0.3) is 0 Å².